The van der Waals surface area contributed by atoms with E-state index in [9.17, 15) is 4.79 Å². The van der Waals surface area contributed by atoms with Crippen molar-refractivity contribution in [3.8, 4) is 11.5 Å². The lowest BCUT2D eigenvalue weighted by molar-refractivity contribution is -0.123. The van der Waals surface area contributed by atoms with E-state index in [4.69, 9.17) is 14.2 Å². The van der Waals surface area contributed by atoms with Crippen LogP contribution < -0.4 is 14.8 Å². The van der Waals surface area contributed by atoms with Gasteiger partial charge in [-0.3, -0.25) is 9.69 Å². The molecule has 1 N–H and O–H groups in total. The largest absolute Gasteiger partial charge is 0.492 e. The van der Waals surface area contributed by atoms with E-state index in [0.717, 1.165) is 61.6 Å². The van der Waals surface area contributed by atoms with Gasteiger partial charge in [-0.1, -0.05) is 37.3 Å². The second-order valence-electron chi connectivity index (χ2n) is 7.85. The van der Waals surface area contributed by atoms with Crippen LogP contribution in [0.15, 0.2) is 48.5 Å². The van der Waals surface area contributed by atoms with Gasteiger partial charge in [-0.05, 0) is 55.6 Å². The first-order valence-electron chi connectivity index (χ1n) is 11.1. The van der Waals surface area contributed by atoms with Gasteiger partial charge >= 0.3 is 0 Å². The molecule has 6 heteroatoms. The Morgan fingerprint density at radius 3 is 2.74 bits per heavy atom. The molecule has 0 aliphatic carbocycles. The third-order valence-corrected chi connectivity index (χ3v) is 5.63. The van der Waals surface area contributed by atoms with Crippen molar-refractivity contribution in [2.45, 2.75) is 38.8 Å². The minimum atomic E-state index is -0.143. The summed E-state index contributed by atoms with van der Waals surface area (Å²) in [6.07, 6.45) is 3.04. The minimum absolute atomic E-state index is 0.00570. The SMILES string of the molecule is CCc1ccccc1OCC(=O)NCc1cccc(OCCN(C)C2CCOCC2)c1. The van der Waals surface area contributed by atoms with E-state index in [1.807, 2.05) is 48.5 Å². The number of nitrogens with one attached hydrogen (secondary N) is 1. The maximum atomic E-state index is 12.2. The number of benzene rings is 2. The fourth-order valence-corrected chi connectivity index (χ4v) is 3.69. The van der Waals surface area contributed by atoms with Gasteiger partial charge in [-0.2, -0.15) is 0 Å². The average molecular weight is 427 g/mol. The monoisotopic (exact) mass is 426 g/mol. The molecular formula is C25H34N2O4. The van der Waals surface area contributed by atoms with E-state index in [-0.39, 0.29) is 12.5 Å². The number of carbonyl (C=O) groups excluding carboxylic acids is 1. The van der Waals surface area contributed by atoms with E-state index in [1.54, 1.807) is 0 Å². The second kappa shape index (κ2) is 12.3. The molecule has 1 heterocycles. The van der Waals surface area contributed by atoms with Crippen LogP contribution in [0.25, 0.3) is 0 Å². The number of hydrogen-bond acceptors (Lipinski definition) is 5. The molecule has 0 unspecified atom stereocenters. The Bertz CT molecular complexity index is 821. The standard InChI is InChI=1S/C25H34N2O4/c1-3-21-8-4-5-10-24(21)31-19-25(28)26-18-20-7-6-9-23(17-20)30-16-13-27(2)22-11-14-29-15-12-22/h4-10,17,22H,3,11-16,18-19H2,1-2H3,(H,26,28). The number of likely N-dealkylation sites (N-methyl/N-ethyl adjacent to an activating group) is 1. The summed E-state index contributed by atoms with van der Waals surface area (Å²) >= 11 is 0. The highest BCUT2D eigenvalue weighted by Gasteiger charge is 2.18. The molecule has 0 saturated carbocycles. The van der Waals surface area contributed by atoms with Crippen molar-refractivity contribution >= 4 is 5.91 Å². The number of ether oxygens (including phenoxy) is 3. The highest BCUT2D eigenvalue weighted by atomic mass is 16.5. The Labute approximate surface area is 185 Å². The molecule has 0 bridgehead atoms. The van der Waals surface area contributed by atoms with Gasteiger partial charge in [0.25, 0.3) is 5.91 Å². The van der Waals surface area contributed by atoms with Gasteiger partial charge in [0.2, 0.25) is 0 Å². The third-order valence-electron chi connectivity index (χ3n) is 5.63. The van der Waals surface area contributed by atoms with Gasteiger partial charge in [0.1, 0.15) is 18.1 Å². The van der Waals surface area contributed by atoms with Crippen molar-refractivity contribution in [1.82, 2.24) is 10.2 Å². The summed E-state index contributed by atoms with van der Waals surface area (Å²) in [7, 11) is 2.15. The summed E-state index contributed by atoms with van der Waals surface area (Å²) < 4.78 is 17.0. The quantitative estimate of drug-likeness (QED) is 0.597. The van der Waals surface area contributed by atoms with Crippen LogP contribution in [0.2, 0.25) is 0 Å². The van der Waals surface area contributed by atoms with Crippen LogP contribution in [0.1, 0.15) is 30.9 Å². The van der Waals surface area contributed by atoms with E-state index in [0.29, 0.717) is 19.2 Å². The summed E-state index contributed by atoms with van der Waals surface area (Å²) in [5.74, 6) is 1.44. The minimum Gasteiger partial charge on any atom is -0.492 e. The highest BCUT2D eigenvalue weighted by molar-refractivity contribution is 5.77. The van der Waals surface area contributed by atoms with Crippen LogP contribution in [-0.2, 0) is 22.5 Å². The van der Waals surface area contributed by atoms with Crippen LogP contribution in [0.5, 0.6) is 11.5 Å². The summed E-state index contributed by atoms with van der Waals surface area (Å²) in [5, 5.41) is 2.91. The van der Waals surface area contributed by atoms with Gasteiger partial charge < -0.3 is 19.5 Å². The van der Waals surface area contributed by atoms with Crippen LogP contribution in [-0.4, -0.2) is 56.9 Å². The van der Waals surface area contributed by atoms with Crippen LogP contribution >= 0.6 is 0 Å². The molecule has 6 nitrogen and oxygen atoms in total. The van der Waals surface area contributed by atoms with E-state index in [1.165, 1.54) is 0 Å². The lowest BCUT2D eigenvalue weighted by atomic mass is 10.1. The summed E-state index contributed by atoms with van der Waals surface area (Å²) in [4.78, 5) is 14.5. The number of nitrogens with zero attached hydrogens (tertiary/aromatic N) is 1. The zero-order valence-corrected chi connectivity index (χ0v) is 18.6. The molecule has 31 heavy (non-hydrogen) atoms. The second-order valence-corrected chi connectivity index (χ2v) is 7.85. The van der Waals surface area contributed by atoms with Gasteiger partial charge in [0, 0.05) is 32.3 Å². The summed E-state index contributed by atoms with van der Waals surface area (Å²) in [6, 6.07) is 16.2. The fraction of sp³-hybridized carbons (Fsp3) is 0.480. The highest BCUT2D eigenvalue weighted by Crippen LogP contribution is 2.18. The number of amides is 1. The molecular weight excluding hydrogens is 392 g/mol. The van der Waals surface area contributed by atoms with Gasteiger partial charge in [-0.15, -0.1) is 0 Å². The number of aryl methyl sites for hydroxylation is 1. The number of rotatable bonds is 11. The van der Waals surface area contributed by atoms with Crippen molar-refractivity contribution in [1.29, 1.82) is 0 Å². The Morgan fingerprint density at radius 2 is 1.94 bits per heavy atom. The lowest BCUT2D eigenvalue weighted by Gasteiger charge is -2.31. The van der Waals surface area contributed by atoms with Crippen LogP contribution in [0.4, 0.5) is 0 Å². The molecule has 1 saturated heterocycles. The van der Waals surface area contributed by atoms with E-state index in [2.05, 4.69) is 24.2 Å². The topological polar surface area (TPSA) is 60.0 Å². The molecule has 0 aromatic heterocycles. The summed E-state index contributed by atoms with van der Waals surface area (Å²) in [5.41, 5.74) is 2.10. The van der Waals surface area contributed by atoms with E-state index >= 15 is 0 Å². The average Bonchev–Trinajstić information content (AvgIpc) is 2.82. The lowest BCUT2D eigenvalue weighted by Crippen LogP contribution is -2.38. The van der Waals surface area contributed by atoms with Gasteiger partial charge in [0.15, 0.2) is 6.61 Å². The molecule has 168 valence electrons. The Hall–Kier alpha value is -2.57. The zero-order chi connectivity index (χ0) is 21.9. The third kappa shape index (κ3) is 7.56. The van der Waals surface area contributed by atoms with Gasteiger partial charge in [-0.25, -0.2) is 0 Å². The Balaban J connectivity index is 1.39. The molecule has 1 fully saturated rings. The Morgan fingerprint density at radius 1 is 1.13 bits per heavy atom. The van der Waals surface area contributed by atoms with E-state index < -0.39 is 0 Å². The first-order chi connectivity index (χ1) is 15.2. The molecule has 0 atom stereocenters. The first-order valence-corrected chi connectivity index (χ1v) is 11.1. The predicted octanol–water partition coefficient (Wildman–Crippen LogP) is 3.43. The molecule has 2 aromatic carbocycles. The molecule has 1 amide bonds. The van der Waals surface area contributed by atoms with Crippen molar-refractivity contribution in [2.75, 3.05) is 40.0 Å². The molecule has 0 spiro atoms. The fourth-order valence-electron chi connectivity index (χ4n) is 3.69. The Kier molecular flexibility index (Phi) is 9.18. The number of hydrogen-bond donors (Lipinski definition) is 1. The summed E-state index contributed by atoms with van der Waals surface area (Å²) in [6.45, 7) is 5.72. The maximum Gasteiger partial charge on any atom is 0.258 e. The van der Waals surface area contributed by atoms with Crippen LogP contribution in [0, 0.1) is 0 Å². The molecule has 3 rings (SSSR count). The van der Waals surface area contributed by atoms with Gasteiger partial charge in [0.05, 0.1) is 0 Å². The number of para-hydroxylation sites is 1. The maximum absolute atomic E-state index is 12.2. The zero-order valence-electron chi connectivity index (χ0n) is 18.6. The molecule has 1 aliphatic heterocycles. The molecule has 2 aromatic rings. The van der Waals surface area contributed by atoms with Crippen molar-refractivity contribution in [2.24, 2.45) is 0 Å². The number of carbonyl (C=O) groups is 1. The smallest absolute Gasteiger partial charge is 0.258 e. The predicted molar refractivity (Wildman–Crippen MR) is 122 cm³/mol. The van der Waals surface area contributed by atoms with Crippen molar-refractivity contribution < 1.29 is 19.0 Å². The molecule has 1 aliphatic rings. The van der Waals surface area contributed by atoms with Crippen molar-refractivity contribution in [3.05, 3.63) is 59.7 Å². The van der Waals surface area contributed by atoms with Crippen molar-refractivity contribution in [3.63, 3.8) is 0 Å². The van der Waals surface area contributed by atoms with Crippen LogP contribution in [0.3, 0.4) is 0 Å². The normalized spacial score (nSPS) is 14.4. The molecule has 0 radical (unpaired) electrons. The first kappa shape index (κ1) is 23.1.